The average Bonchev–Trinajstić information content (AvgIpc) is 2.41. The molecule has 1 aliphatic rings. The van der Waals surface area contributed by atoms with Gasteiger partial charge >= 0.3 is 0 Å². The van der Waals surface area contributed by atoms with Gasteiger partial charge in [-0.1, -0.05) is 43.0 Å². The summed E-state index contributed by atoms with van der Waals surface area (Å²) < 4.78 is 27.9. The first-order valence-corrected chi connectivity index (χ1v) is 9.30. The second-order valence-electron chi connectivity index (χ2n) is 5.53. The largest absolute Gasteiger partial charge is 0.326 e. The Hall–Kier alpha value is -0.330. The molecule has 0 saturated heterocycles. The summed E-state index contributed by atoms with van der Waals surface area (Å²) in [7, 11) is -3.67. The van der Waals surface area contributed by atoms with Gasteiger partial charge in [0.05, 0.1) is 5.02 Å². The molecule has 1 aromatic carbocycles. The zero-order valence-corrected chi connectivity index (χ0v) is 14.2. The summed E-state index contributed by atoms with van der Waals surface area (Å²) >= 11 is 12.2. The van der Waals surface area contributed by atoms with Crippen molar-refractivity contribution in [3.8, 4) is 0 Å². The fraction of sp³-hybridized carbons (Fsp3) is 0.571. The van der Waals surface area contributed by atoms with Crippen molar-refractivity contribution >= 4 is 33.2 Å². The quantitative estimate of drug-likeness (QED) is 0.874. The van der Waals surface area contributed by atoms with Crippen LogP contribution in [0.2, 0.25) is 10.0 Å². The van der Waals surface area contributed by atoms with Crippen molar-refractivity contribution in [2.45, 2.75) is 50.1 Å². The van der Waals surface area contributed by atoms with E-state index in [1.165, 1.54) is 12.1 Å². The van der Waals surface area contributed by atoms with Crippen molar-refractivity contribution < 1.29 is 8.42 Å². The molecular formula is C14H20Cl2N2O2S. The molecule has 0 heterocycles. The third-order valence-corrected chi connectivity index (χ3v) is 6.49. The number of hydrogen-bond acceptors (Lipinski definition) is 3. The molecule has 0 aromatic heterocycles. The maximum absolute atomic E-state index is 12.6. The normalized spacial score (nSPS) is 23.2. The van der Waals surface area contributed by atoms with Crippen molar-refractivity contribution in [3.05, 3.63) is 27.7 Å². The van der Waals surface area contributed by atoms with Gasteiger partial charge in [-0.3, -0.25) is 0 Å². The lowest BCUT2D eigenvalue weighted by Crippen LogP contribution is -2.41. The molecule has 0 aliphatic heterocycles. The standard InChI is InChI=1S/C14H20Cl2N2O2S/c1-9-4-2-3-5-12(9)18-21(19,20)13-7-6-11(15)10(8-17)14(13)16/h6-7,9,12,18H,2-5,8,17H2,1H3. The predicted molar refractivity (Wildman–Crippen MR) is 86.1 cm³/mol. The van der Waals surface area contributed by atoms with Gasteiger partial charge in [-0.2, -0.15) is 0 Å². The van der Waals surface area contributed by atoms with E-state index in [9.17, 15) is 8.42 Å². The fourth-order valence-corrected chi connectivity index (χ4v) is 5.04. The Bertz CT molecular complexity index is 620. The third-order valence-electron chi connectivity index (χ3n) is 4.06. The summed E-state index contributed by atoms with van der Waals surface area (Å²) in [6.07, 6.45) is 4.09. The Morgan fingerprint density at radius 3 is 2.57 bits per heavy atom. The van der Waals surface area contributed by atoms with Gasteiger partial charge in [0, 0.05) is 23.2 Å². The lowest BCUT2D eigenvalue weighted by Gasteiger charge is -2.29. The van der Waals surface area contributed by atoms with Crippen molar-refractivity contribution in [3.63, 3.8) is 0 Å². The monoisotopic (exact) mass is 350 g/mol. The highest BCUT2D eigenvalue weighted by atomic mass is 35.5. The molecule has 21 heavy (non-hydrogen) atoms. The molecule has 0 radical (unpaired) electrons. The van der Waals surface area contributed by atoms with Gasteiger partial charge in [-0.05, 0) is 30.9 Å². The minimum atomic E-state index is -3.67. The Balaban J connectivity index is 2.31. The molecule has 3 N–H and O–H groups in total. The molecular weight excluding hydrogens is 331 g/mol. The zero-order valence-electron chi connectivity index (χ0n) is 11.9. The van der Waals surface area contributed by atoms with Gasteiger partial charge < -0.3 is 5.73 Å². The van der Waals surface area contributed by atoms with E-state index in [0.29, 0.717) is 16.5 Å². The number of nitrogens with one attached hydrogen (secondary N) is 1. The van der Waals surface area contributed by atoms with Crippen molar-refractivity contribution in [2.24, 2.45) is 11.7 Å². The van der Waals surface area contributed by atoms with Crippen molar-refractivity contribution in [1.82, 2.24) is 4.72 Å². The van der Waals surface area contributed by atoms with Crippen LogP contribution in [0.4, 0.5) is 0 Å². The highest BCUT2D eigenvalue weighted by Crippen LogP contribution is 2.32. The van der Waals surface area contributed by atoms with Crippen LogP contribution in [0.25, 0.3) is 0 Å². The van der Waals surface area contributed by atoms with Crippen LogP contribution in [0.1, 0.15) is 38.2 Å². The Kier molecular flexibility index (Phi) is 5.54. The van der Waals surface area contributed by atoms with E-state index < -0.39 is 10.0 Å². The second kappa shape index (κ2) is 6.84. The summed E-state index contributed by atoms with van der Waals surface area (Å²) in [5.41, 5.74) is 6.04. The molecule has 0 bridgehead atoms. The van der Waals surface area contributed by atoms with Crippen LogP contribution >= 0.6 is 23.2 Å². The van der Waals surface area contributed by atoms with Crippen molar-refractivity contribution in [2.75, 3.05) is 0 Å². The number of nitrogens with two attached hydrogens (primary N) is 1. The van der Waals surface area contributed by atoms with Gasteiger partial charge in [0.15, 0.2) is 0 Å². The molecule has 2 unspecified atom stereocenters. The molecule has 1 saturated carbocycles. The number of hydrogen-bond donors (Lipinski definition) is 2. The van der Waals surface area contributed by atoms with E-state index in [1.54, 1.807) is 0 Å². The molecule has 118 valence electrons. The smallest absolute Gasteiger partial charge is 0.242 e. The van der Waals surface area contributed by atoms with Crippen molar-refractivity contribution in [1.29, 1.82) is 0 Å². The summed E-state index contributed by atoms with van der Waals surface area (Å²) in [4.78, 5) is 0.0480. The van der Waals surface area contributed by atoms with Crippen LogP contribution in [0, 0.1) is 5.92 Å². The Morgan fingerprint density at radius 2 is 1.95 bits per heavy atom. The highest BCUT2D eigenvalue weighted by molar-refractivity contribution is 7.89. The first-order chi connectivity index (χ1) is 9.86. The summed E-state index contributed by atoms with van der Waals surface area (Å²) in [5.74, 6) is 0.327. The molecule has 1 fully saturated rings. The Morgan fingerprint density at radius 1 is 1.29 bits per heavy atom. The molecule has 1 aromatic rings. The van der Waals surface area contributed by atoms with Crippen LogP contribution in [-0.2, 0) is 16.6 Å². The summed E-state index contributed by atoms with van der Waals surface area (Å²) in [6.45, 7) is 2.17. The molecule has 4 nitrogen and oxygen atoms in total. The maximum atomic E-state index is 12.6. The fourth-order valence-electron chi connectivity index (χ4n) is 2.72. The van der Waals surface area contributed by atoms with Crippen LogP contribution in [0.15, 0.2) is 17.0 Å². The molecule has 1 aliphatic carbocycles. The van der Waals surface area contributed by atoms with Crippen LogP contribution in [0.5, 0.6) is 0 Å². The first-order valence-electron chi connectivity index (χ1n) is 7.06. The zero-order chi connectivity index (χ0) is 15.6. The molecule has 2 rings (SSSR count). The van der Waals surface area contributed by atoms with E-state index in [2.05, 4.69) is 11.6 Å². The van der Waals surface area contributed by atoms with Crippen LogP contribution < -0.4 is 10.5 Å². The van der Waals surface area contributed by atoms with E-state index in [4.69, 9.17) is 28.9 Å². The van der Waals surface area contributed by atoms with E-state index in [-0.39, 0.29) is 22.5 Å². The topological polar surface area (TPSA) is 72.2 Å². The summed E-state index contributed by atoms with van der Waals surface area (Å²) in [5, 5.41) is 0.494. The molecule has 0 amide bonds. The second-order valence-corrected chi connectivity index (χ2v) is 8.00. The van der Waals surface area contributed by atoms with Gasteiger partial charge in [0.2, 0.25) is 10.0 Å². The van der Waals surface area contributed by atoms with Gasteiger partial charge in [0.1, 0.15) is 4.90 Å². The Labute approximate surface area is 136 Å². The van der Waals surface area contributed by atoms with E-state index >= 15 is 0 Å². The SMILES string of the molecule is CC1CCCCC1NS(=O)(=O)c1ccc(Cl)c(CN)c1Cl. The molecule has 7 heteroatoms. The predicted octanol–water partition coefficient (Wildman–Crippen LogP) is 3.31. The van der Waals surface area contributed by atoms with Gasteiger partial charge in [0.25, 0.3) is 0 Å². The maximum Gasteiger partial charge on any atom is 0.242 e. The van der Waals surface area contributed by atoms with Crippen LogP contribution in [-0.4, -0.2) is 14.5 Å². The van der Waals surface area contributed by atoms with E-state index in [1.807, 2.05) is 0 Å². The highest BCUT2D eigenvalue weighted by Gasteiger charge is 2.28. The van der Waals surface area contributed by atoms with Gasteiger partial charge in [-0.25, -0.2) is 13.1 Å². The number of halogens is 2. The minimum absolute atomic E-state index is 0.0446. The molecule has 2 atom stereocenters. The average molecular weight is 351 g/mol. The lowest BCUT2D eigenvalue weighted by atomic mass is 9.87. The van der Waals surface area contributed by atoms with Crippen LogP contribution in [0.3, 0.4) is 0 Å². The minimum Gasteiger partial charge on any atom is -0.326 e. The lowest BCUT2D eigenvalue weighted by molar-refractivity contribution is 0.310. The third kappa shape index (κ3) is 3.71. The molecule has 0 spiro atoms. The number of benzene rings is 1. The first kappa shape index (κ1) is 17.0. The summed E-state index contributed by atoms with van der Waals surface area (Å²) in [6, 6.07) is 2.91. The van der Waals surface area contributed by atoms with E-state index in [0.717, 1.165) is 25.7 Å². The number of sulfonamides is 1. The number of rotatable bonds is 4. The van der Waals surface area contributed by atoms with Gasteiger partial charge in [-0.15, -0.1) is 0 Å².